The molecule has 2 heterocycles. The van der Waals surface area contributed by atoms with Gasteiger partial charge in [-0.15, -0.1) is 10.2 Å². The summed E-state index contributed by atoms with van der Waals surface area (Å²) in [6.45, 7) is 1.70. The van der Waals surface area contributed by atoms with Crippen molar-refractivity contribution in [1.29, 1.82) is 0 Å². The van der Waals surface area contributed by atoms with Crippen molar-refractivity contribution in [2.75, 3.05) is 13.1 Å². The summed E-state index contributed by atoms with van der Waals surface area (Å²) in [6, 6.07) is 10.2. The molecule has 2 aromatic carbocycles. The number of hydrogen-bond donors (Lipinski definition) is 0. The van der Waals surface area contributed by atoms with E-state index in [-0.39, 0.29) is 17.3 Å². The van der Waals surface area contributed by atoms with Crippen LogP contribution in [-0.4, -0.2) is 34.0 Å². The number of aromatic nitrogens is 2. The maximum Gasteiger partial charge on any atom is 0.249 e. The number of halogens is 3. The van der Waals surface area contributed by atoms with E-state index in [1.807, 2.05) is 18.2 Å². The first-order chi connectivity index (χ1) is 14.0. The Morgan fingerprint density at radius 2 is 1.90 bits per heavy atom. The molecular weight excluding hydrogens is 400 g/mol. The van der Waals surface area contributed by atoms with Gasteiger partial charge in [0.2, 0.25) is 11.8 Å². The second kappa shape index (κ2) is 8.39. The topological polar surface area (TPSA) is 59.2 Å². The highest BCUT2D eigenvalue weighted by molar-refractivity contribution is 6.33. The van der Waals surface area contributed by atoms with Crippen LogP contribution < -0.4 is 0 Å². The average Bonchev–Trinajstić information content (AvgIpc) is 3.18. The second-order valence-electron chi connectivity index (χ2n) is 7.02. The molecule has 1 aliphatic heterocycles. The molecular formula is C21H18ClF2N3O2. The van der Waals surface area contributed by atoms with Gasteiger partial charge in [-0.2, -0.15) is 0 Å². The number of carbonyl (C=O) groups is 1. The van der Waals surface area contributed by atoms with Crippen LogP contribution in [0, 0.1) is 17.6 Å². The maximum absolute atomic E-state index is 13.9. The maximum atomic E-state index is 13.9. The Labute approximate surface area is 171 Å². The minimum Gasteiger partial charge on any atom is -0.419 e. The number of likely N-dealkylation sites (tertiary alicyclic amines) is 1. The van der Waals surface area contributed by atoms with Crippen molar-refractivity contribution >= 4 is 17.4 Å². The fourth-order valence-corrected chi connectivity index (χ4v) is 3.73. The molecule has 29 heavy (non-hydrogen) atoms. The van der Waals surface area contributed by atoms with Crippen LogP contribution in [0.1, 0.15) is 29.1 Å². The second-order valence-corrected chi connectivity index (χ2v) is 7.43. The third kappa shape index (κ3) is 4.36. The molecule has 4 rings (SSSR count). The molecule has 0 spiro atoms. The summed E-state index contributed by atoms with van der Waals surface area (Å²) in [6.07, 6.45) is 1.11. The lowest BCUT2D eigenvalue weighted by Crippen LogP contribution is -2.36. The predicted octanol–water partition coefficient (Wildman–Crippen LogP) is 4.76. The highest BCUT2D eigenvalue weighted by atomic mass is 35.5. The van der Waals surface area contributed by atoms with Gasteiger partial charge < -0.3 is 4.42 Å². The predicted molar refractivity (Wildman–Crippen MR) is 103 cm³/mol. The van der Waals surface area contributed by atoms with Gasteiger partial charge in [0.1, 0.15) is 11.6 Å². The minimum atomic E-state index is -0.684. The molecule has 5 nitrogen and oxygen atoms in total. The Kier molecular flexibility index (Phi) is 5.69. The van der Waals surface area contributed by atoms with E-state index in [9.17, 15) is 13.6 Å². The fourth-order valence-electron chi connectivity index (χ4n) is 3.51. The number of nitrogens with zero attached hydrogens (tertiary/aromatic N) is 3. The van der Waals surface area contributed by atoms with Gasteiger partial charge in [-0.25, -0.2) is 8.78 Å². The summed E-state index contributed by atoms with van der Waals surface area (Å²) < 4.78 is 33.0. The number of carbonyl (C=O) groups excluding carboxylic acids is 1. The number of Topliss-reactive ketones (excluding diaryl/α,β-unsaturated/α-hetero) is 1. The molecule has 1 saturated heterocycles. The summed E-state index contributed by atoms with van der Waals surface area (Å²) >= 11 is 6.16. The SMILES string of the molecule is O=C(c1cc(F)ccc1F)C1CCN(Cc2nnc(-c3ccccc3Cl)o2)CC1. The smallest absolute Gasteiger partial charge is 0.249 e. The van der Waals surface area contributed by atoms with Crippen LogP contribution in [0.5, 0.6) is 0 Å². The number of ketones is 1. The van der Waals surface area contributed by atoms with Gasteiger partial charge in [0.25, 0.3) is 0 Å². The minimum absolute atomic E-state index is 0.176. The van der Waals surface area contributed by atoms with Crippen molar-refractivity contribution in [3.8, 4) is 11.5 Å². The third-order valence-electron chi connectivity index (χ3n) is 5.08. The lowest BCUT2D eigenvalue weighted by Gasteiger charge is -2.30. The third-order valence-corrected chi connectivity index (χ3v) is 5.41. The zero-order valence-electron chi connectivity index (χ0n) is 15.4. The molecule has 0 N–H and O–H groups in total. The molecule has 0 aliphatic carbocycles. The van der Waals surface area contributed by atoms with Crippen LogP contribution in [0.15, 0.2) is 46.9 Å². The van der Waals surface area contributed by atoms with E-state index in [1.54, 1.807) is 6.07 Å². The van der Waals surface area contributed by atoms with Gasteiger partial charge in [-0.1, -0.05) is 23.7 Å². The first-order valence-electron chi connectivity index (χ1n) is 9.30. The summed E-state index contributed by atoms with van der Waals surface area (Å²) in [4.78, 5) is 14.6. The van der Waals surface area contributed by atoms with Gasteiger partial charge >= 0.3 is 0 Å². The molecule has 8 heteroatoms. The number of hydrogen-bond acceptors (Lipinski definition) is 5. The average molecular weight is 418 g/mol. The Morgan fingerprint density at radius 3 is 2.66 bits per heavy atom. The number of benzene rings is 2. The number of piperidine rings is 1. The highest BCUT2D eigenvalue weighted by Gasteiger charge is 2.28. The van der Waals surface area contributed by atoms with Gasteiger partial charge in [0.05, 0.1) is 22.7 Å². The lowest BCUT2D eigenvalue weighted by molar-refractivity contribution is 0.0823. The van der Waals surface area contributed by atoms with E-state index < -0.39 is 11.6 Å². The van der Waals surface area contributed by atoms with Gasteiger partial charge in [-0.3, -0.25) is 9.69 Å². The van der Waals surface area contributed by atoms with Crippen molar-refractivity contribution in [3.63, 3.8) is 0 Å². The van der Waals surface area contributed by atoms with Gasteiger partial charge in [-0.05, 0) is 56.3 Å². The van der Waals surface area contributed by atoms with Crippen molar-refractivity contribution in [2.45, 2.75) is 19.4 Å². The molecule has 0 saturated carbocycles. The van der Waals surface area contributed by atoms with Crippen LogP contribution in [0.25, 0.3) is 11.5 Å². The van der Waals surface area contributed by atoms with Crippen LogP contribution in [-0.2, 0) is 6.54 Å². The molecule has 0 atom stereocenters. The Hall–Kier alpha value is -2.64. The monoisotopic (exact) mass is 417 g/mol. The van der Waals surface area contributed by atoms with E-state index in [4.69, 9.17) is 16.0 Å². The number of rotatable bonds is 5. The van der Waals surface area contributed by atoms with E-state index in [2.05, 4.69) is 15.1 Å². The molecule has 1 fully saturated rings. The van der Waals surface area contributed by atoms with Crippen molar-refractivity contribution in [3.05, 3.63) is 70.6 Å². The highest BCUT2D eigenvalue weighted by Crippen LogP contribution is 2.28. The summed E-state index contributed by atoms with van der Waals surface area (Å²) in [5.74, 6) is -1.16. The normalized spacial score (nSPS) is 15.6. The Balaban J connectivity index is 1.36. The van der Waals surface area contributed by atoms with Crippen LogP contribution in [0.4, 0.5) is 8.78 Å². The first kappa shape index (κ1) is 19.7. The molecule has 3 aromatic rings. The summed E-state index contributed by atoms with van der Waals surface area (Å²) in [5, 5.41) is 8.66. The van der Waals surface area contributed by atoms with Crippen molar-refractivity contribution < 1.29 is 18.0 Å². The molecule has 0 bridgehead atoms. The van der Waals surface area contributed by atoms with E-state index >= 15 is 0 Å². The summed E-state index contributed by atoms with van der Waals surface area (Å²) in [5.41, 5.74) is 0.499. The quantitative estimate of drug-likeness (QED) is 0.560. The van der Waals surface area contributed by atoms with E-state index in [0.29, 0.717) is 54.8 Å². The van der Waals surface area contributed by atoms with Crippen molar-refractivity contribution in [2.24, 2.45) is 5.92 Å². The fraction of sp³-hybridized carbons (Fsp3) is 0.286. The van der Waals surface area contributed by atoms with Crippen molar-refractivity contribution in [1.82, 2.24) is 15.1 Å². The van der Waals surface area contributed by atoms with E-state index in [0.717, 1.165) is 18.2 Å². The standard InChI is InChI=1S/C21H18ClF2N3O2/c22-17-4-2-1-3-15(17)21-26-25-19(29-21)12-27-9-7-13(8-10-27)20(28)16-11-14(23)5-6-18(16)24/h1-6,11,13H,7-10,12H2. The van der Waals surface area contributed by atoms with Gasteiger partial charge in [0, 0.05) is 5.92 Å². The molecule has 0 unspecified atom stereocenters. The van der Waals surface area contributed by atoms with Crippen LogP contribution in [0.2, 0.25) is 5.02 Å². The molecule has 1 aromatic heterocycles. The largest absolute Gasteiger partial charge is 0.419 e. The first-order valence-corrected chi connectivity index (χ1v) is 9.68. The molecule has 0 radical (unpaired) electrons. The van der Waals surface area contributed by atoms with E-state index in [1.165, 1.54) is 0 Å². The lowest BCUT2D eigenvalue weighted by atomic mass is 9.88. The molecule has 150 valence electrons. The zero-order chi connectivity index (χ0) is 20.4. The molecule has 0 amide bonds. The summed E-state index contributed by atoms with van der Waals surface area (Å²) in [7, 11) is 0. The van der Waals surface area contributed by atoms with Gasteiger partial charge in [0.15, 0.2) is 5.78 Å². The Morgan fingerprint density at radius 1 is 1.14 bits per heavy atom. The van der Waals surface area contributed by atoms with Crippen LogP contribution >= 0.6 is 11.6 Å². The zero-order valence-corrected chi connectivity index (χ0v) is 16.2. The molecule has 1 aliphatic rings. The Bertz CT molecular complexity index is 1030. The van der Waals surface area contributed by atoms with Crippen LogP contribution in [0.3, 0.4) is 0 Å².